The van der Waals surface area contributed by atoms with Crippen LogP contribution in [0.4, 0.5) is 0 Å². The summed E-state index contributed by atoms with van der Waals surface area (Å²) in [6, 6.07) is 0.508. The second-order valence-corrected chi connectivity index (χ2v) is 7.85. The summed E-state index contributed by atoms with van der Waals surface area (Å²) in [6.07, 6.45) is 4.76. The van der Waals surface area contributed by atoms with Crippen LogP contribution in [0.2, 0.25) is 0 Å². The van der Waals surface area contributed by atoms with E-state index in [2.05, 4.69) is 40.1 Å². The van der Waals surface area contributed by atoms with Crippen LogP contribution in [-0.4, -0.2) is 12.0 Å². The Hall–Kier alpha value is -0.410. The van der Waals surface area contributed by atoms with Crippen molar-refractivity contribution in [1.29, 1.82) is 0 Å². The molecule has 0 bridgehead atoms. The van der Waals surface area contributed by atoms with E-state index in [0.29, 0.717) is 11.5 Å². The van der Waals surface area contributed by atoms with Crippen molar-refractivity contribution in [1.82, 2.24) is 10.3 Å². The first-order valence-corrected chi connectivity index (χ1v) is 7.88. The lowest BCUT2D eigenvalue weighted by Crippen LogP contribution is -2.30. The summed E-state index contributed by atoms with van der Waals surface area (Å²) in [5, 5.41) is 4.80. The molecule has 0 spiro atoms. The molecule has 1 aliphatic rings. The number of hydrogen-bond donors (Lipinski definition) is 1. The van der Waals surface area contributed by atoms with E-state index in [9.17, 15) is 0 Å². The largest absolute Gasteiger partial charge is 0.312 e. The number of rotatable bonds is 4. The summed E-state index contributed by atoms with van der Waals surface area (Å²) in [6.45, 7) is 9.28. The SMILES string of the molecule is CNC1CC(C)(C)Cc2nc(CCC(C)C)sc21. The molecule has 1 atom stereocenters. The zero-order chi connectivity index (χ0) is 13.3. The van der Waals surface area contributed by atoms with Crippen LogP contribution in [0.15, 0.2) is 0 Å². The van der Waals surface area contributed by atoms with Crippen LogP contribution in [0.1, 0.15) is 62.2 Å². The van der Waals surface area contributed by atoms with Crippen LogP contribution in [-0.2, 0) is 12.8 Å². The van der Waals surface area contributed by atoms with Crippen LogP contribution in [0, 0.1) is 11.3 Å². The third-order valence-corrected chi connectivity index (χ3v) is 5.05. The van der Waals surface area contributed by atoms with Gasteiger partial charge in [-0.15, -0.1) is 11.3 Å². The van der Waals surface area contributed by atoms with Gasteiger partial charge in [0.25, 0.3) is 0 Å². The maximum absolute atomic E-state index is 4.90. The number of aryl methyl sites for hydroxylation is 1. The Kier molecular flexibility index (Phi) is 4.12. The Morgan fingerprint density at radius 2 is 2.17 bits per heavy atom. The lowest BCUT2D eigenvalue weighted by atomic mass is 9.76. The summed E-state index contributed by atoms with van der Waals surface area (Å²) in [5.41, 5.74) is 1.73. The number of nitrogens with zero attached hydrogens (tertiary/aromatic N) is 1. The average Bonchev–Trinajstić information content (AvgIpc) is 2.66. The summed E-state index contributed by atoms with van der Waals surface area (Å²) < 4.78 is 0. The van der Waals surface area contributed by atoms with Gasteiger partial charge in [-0.25, -0.2) is 4.98 Å². The van der Waals surface area contributed by atoms with E-state index < -0.39 is 0 Å². The van der Waals surface area contributed by atoms with E-state index in [1.165, 1.54) is 28.4 Å². The van der Waals surface area contributed by atoms with Gasteiger partial charge in [-0.1, -0.05) is 27.7 Å². The minimum Gasteiger partial charge on any atom is -0.312 e. The maximum atomic E-state index is 4.90. The highest BCUT2D eigenvalue weighted by atomic mass is 32.1. The highest BCUT2D eigenvalue weighted by molar-refractivity contribution is 7.11. The van der Waals surface area contributed by atoms with Gasteiger partial charge in [0.2, 0.25) is 0 Å². The van der Waals surface area contributed by atoms with Crippen molar-refractivity contribution in [2.24, 2.45) is 11.3 Å². The fourth-order valence-corrected chi connectivity index (χ4v) is 3.94. The van der Waals surface area contributed by atoms with Gasteiger partial charge in [0.05, 0.1) is 10.7 Å². The minimum atomic E-state index is 0.379. The standard InChI is InChI=1S/C15H26N2S/c1-10(2)6-7-13-17-12-9-15(3,4)8-11(16-5)14(12)18-13/h10-11,16H,6-9H2,1-5H3. The second-order valence-electron chi connectivity index (χ2n) is 6.74. The lowest BCUT2D eigenvalue weighted by Gasteiger charge is -2.34. The molecule has 1 heterocycles. The first-order chi connectivity index (χ1) is 8.41. The molecule has 2 nitrogen and oxygen atoms in total. The molecule has 0 saturated carbocycles. The van der Waals surface area contributed by atoms with E-state index in [-0.39, 0.29) is 0 Å². The van der Waals surface area contributed by atoms with Gasteiger partial charge in [0.15, 0.2) is 0 Å². The van der Waals surface area contributed by atoms with Crippen molar-refractivity contribution < 1.29 is 0 Å². The predicted octanol–water partition coefficient (Wildman–Crippen LogP) is 3.96. The predicted molar refractivity (Wildman–Crippen MR) is 79.2 cm³/mol. The molecular weight excluding hydrogens is 240 g/mol. The summed E-state index contributed by atoms with van der Waals surface area (Å²) >= 11 is 1.94. The van der Waals surface area contributed by atoms with Gasteiger partial charge >= 0.3 is 0 Å². The quantitative estimate of drug-likeness (QED) is 0.892. The van der Waals surface area contributed by atoms with Gasteiger partial charge in [-0.05, 0) is 44.1 Å². The number of nitrogens with one attached hydrogen (secondary N) is 1. The Balaban J connectivity index is 2.18. The van der Waals surface area contributed by atoms with Gasteiger partial charge in [-0.3, -0.25) is 0 Å². The Bertz CT molecular complexity index is 407. The zero-order valence-electron chi connectivity index (χ0n) is 12.3. The molecule has 0 amide bonds. The van der Waals surface area contributed by atoms with Gasteiger partial charge in [0, 0.05) is 10.9 Å². The van der Waals surface area contributed by atoms with Crippen molar-refractivity contribution in [3.63, 3.8) is 0 Å². The van der Waals surface area contributed by atoms with Crippen molar-refractivity contribution in [3.8, 4) is 0 Å². The van der Waals surface area contributed by atoms with Crippen LogP contribution >= 0.6 is 11.3 Å². The lowest BCUT2D eigenvalue weighted by molar-refractivity contribution is 0.265. The van der Waals surface area contributed by atoms with Gasteiger partial charge < -0.3 is 5.32 Å². The molecule has 3 heteroatoms. The van der Waals surface area contributed by atoms with Crippen molar-refractivity contribution in [2.75, 3.05) is 7.05 Å². The summed E-state index contributed by atoms with van der Waals surface area (Å²) in [4.78, 5) is 6.39. The summed E-state index contributed by atoms with van der Waals surface area (Å²) in [7, 11) is 2.07. The molecule has 0 saturated heterocycles. The van der Waals surface area contributed by atoms with Crippen molar-refractivity contribution in [3.05, 3.63) is 15.6 Å². The number of aromatic nitrogens is 1. The Labute approximate surface area is 115 Å². The zero-order valence-corrected chi connectivity index (χ0v) is 13.2. The molecule has 0 fully saturated rings. The molecular formula is C15H26N2S. The first kappa shape index (κ1) is 14.0. The number of thiazole rings is 1. The average molecular weight is 266 g/mol. The molecule has 0 aliphatic heterocycles. The maximum Gasteiger partial charge on any atom is 0.0931 e. The van der Waals surface area contributed by atoms with Gasteiger partial charge in [-0.2, -0.15) is 0 Å². The molecule has 1 aromatic rings. The molecule has 18 heavy (non-hydrogen) atoms. The minimum absolute atomic E-state index is 0.379. The number of fused-ring (bicyclic) bond motifs is 1. The van der Waals surface area contributed by atoms with Crippen LogP contribution in [0.5, 0.6) is 0 Å². The monoisotopic (exact) mass is 266 g/mol. The van der Waals surface area contributed by atoms with Crippen molar-refractivity contribution in [2.45, 2.75) is 59.4 Å². The molecule has 1 N–H and O–H groups in total. The first-order valence-electron chi connectivity index (χ1n) is 7.07. The van der Waals surface area contributed by atoms with Crippen LogP contribution in [0.25, 0.3) is 0 Å². The Morgan fingerprint density at radius 3 is 2.78 bits per heavy atom. The number of hydrogen-bond acceptors (Lipinski definition) is 3. The molecule has 1 aliphatic carbocycles. The van der Waals surface area contributed by atoms with E-state index in [4.69, 9.17) is 4.98 Å². The fourth-order valence-electron chi connectivity index (χ4n) is 2.74. The molecule has 1 unspecified atom stereocenters. The Morgan fingerprint density at radius 1 is 1.44 bits per heavy atom. The molecule has 0 aromatic carbocycles. The highest BCUT2D eigenvalue weighted by Crippen LogP contribution is 2.43. The molecule has 102 valence electrons. The van der Waals surface area contributed by atoms with Crippen LogP contribution < -0.4 is 5.32 Å². The van der Waals surface area contributed by atoms with Gasteiger partial charge in [0.1, 0.15) is 0 Å². The molecule has 2 rings (SSSR count). The molecule has 1 aromatic heterocycles. The van der Waals surface area contributed by atoms with E-state index >= 15 is 0 Å². The topological polar surface area (TPSA) is 24.9 Å². The van der Waals surface area contributed by atoms with E-state index in [1.54, 1.807) is 0 Å². The smallest absolute Gasteiger partial charge is 0.0931 e. The molecule has 0 radical (unpaired) electrons. The third kappa shape index (κ3) is 3.12. The summed E-state index contributed by atoms with van der Waals surface area (Å²) in [5.74, 6) is 0.766. The highest BCUT2D eigenvalue weighted by Gasteiger charge is 2.34. The third-order valence-electron chi connectivity index (χ3n) is 3.78. The fraction of sp³-hybridized carbons (Fsp3) is 0.800. The second kappa shape index (κ2) is 5.30. The van der Waals surface area contributed by atoms with Crippen molar-refractivity contribution >= 4 is 11.3 Å². The normalized spacial score (nSPS) is 22.2. The van der Waals surface area contributed by atoms with E-state index in [1.807, 2.05) is 11.3 Å². The van der Waals surface area contributed by atoms with Crippen LogP contribution in [0.3, 0.4) is 0 Å². The van der Waals surface area contributed by atoms with E-state index in [0.717, 1.165) is 18.8 Å².